The Labute approximate surface area is 127 Å². The van der Waals surface area contributed by atoms with Gasteiger partial charge in [0.1, 0.15) is 11.6 Å². The Morgan fingerprint density at radius 3 is 2.71 bits per heavy atom. The SMILES string of the molecule is Cc1nc(/C=C(\C#N)C(=O)N[C@H](C)c2ccccc2)cs1. The smallest absolute Gasteiger partial charge is 0.262 e. The first kappa shape index (κ1) is 14.9. The molecule has 0 aliphatic rings. The molecule has 0 saturated carbocycles. The van der Waals surface area contributed by atoms with Crippen molar-refractivity contribution in [2.45, 2.75) is 19.9 Å². The molecule has 1 N–H and O–H groups in total. The molecule has 2 aromatic rings. The fourth-order valence-corrected chi connectivity index (χ4v) is 2.41. The van der Waals surface area contributed by atoms with Gasteiger partial charge in [-0.1, -0.05) is 30.3 Å². The van der Waals surface area contributed by atoms with Crippen molar-refractivity contribution in [2.24, 2.45) is 0 Å². The summed E-state index contributed by atoms with van der Waals surface area (Å²) in [6, 6.07) is 11.4. The Hall–Kier alpha value is -2.45. The zero-order valence-electron chi connectivity index (χ0n) is 11.8. The van der Waals surface area contributed by atoms with Crippen LogP contribution >= 0.6 is 11.3 Å². The van der Waals surface area contributed by atoms with Gasteiger partial charge in [0.25, 0.3) is 5.91 Å². The molecule has 1 aromatic carbocycles. The number of aromatic nitrogens is 1. The van der Waals surface area contributed by atoms with Gasteiger partial charge in [-0.3, -0.25) is 4.79 Å². The minimum atomic E-state index is -0.389. The van der Waals surface area contributed by atoms with Crippen molar-refractivity contribution in [3.63, 3.8) is 0 Å². The van der Waals surface area contributed by atoms with Crippen LogP contribution in [0.15, 0.2) is 41.3 Å². The second kappa shape index (κ2) is 6.82. The second-order valence-corrected chi connectivity index (χ2v) is 5.63. The van der Waals surface area contributed by atoms with Crippen molar-refractivity contribution < 1.29 is 4.79 Å². The van der Waals surface area contributed by atoms with Crippen LogP contribution in [0.25, 0.3) is 6.08 Å². The molecular weight excluding hydrogens is 282 g/mol. The molecule has 0 saturated heterocycles. The predicted octanol–water partition coefficient (Wildman–Crippen LogP) is 3.24. The number of aryl methyl sites for hydroxylation is 1. The van der Waals surface area contributed by atoms with Gasteiger partial charge in [0, 0.05) is 5.38 Å². The number of rotatable bonds is 4. The third kappa shape index (κ3) is 4.01. The molecule has 0 aliphatic carbocycles. The van der Waals surface area contributed by atoms with Crippen LogP contribution < -0.4 is 5.32 Å². The molecule has 0 aliphatic heterocycles. The first-order chi connectivity index (χ1) is 10.1. The number of hydrogen-bond acceptors (Lipinski definition) is 4. The lowest BCUT2D eigenvalue weighted by atomic mass is 10.1. The van der Waals surface area contributed by atoms with Crippen LogP contribution in [0.3, 0.4) is 0 Å². The quantitative estimate of drug-likeness (QED) is 0.696. The van der Waals surface area contributed by atoms with Crippen molar-refractivity contribution in [3.05, 3.63) is 57.6 Å². The molecule has 1 heterocycles. The van der Waals surface area contributed by atoms with E-state index < -0.39 is 0 Å². The zero-order chi connectivity index (χ0) is 15.2. The summed E-state index contributed by atoms with van der Waals surface area (Å²) in [7, 11) is 0. The highest BCUT2D eigenvalue weighted by Gasteiger charge is 2.14. The molecule has 106 valence electrons. The Bertz CT molecular complexity index is 698. The maximum atomic E-state index is 12.1. The lowest BCUT2D eigenvalue weighted by Gasteiger charge is -2.13. The fraction of sp³-hybridized carbons (Fsp3) is 0.188. The molecule has 0 bridgehead atoms. The largest absolute Gasteiger partial charge is 0.345 e. The van der Waals surface area contributed by atoms with E-state index in [1.807, 2.05) is 55.6 Å². The van der Waals surface area contributed by atoms with Gasteiger partial charge in [0.15, 0.2) is 0 Å². The minimum Gasteiger partial charge on any atom is -0.345 e. The van der Waals surface area contributed by atoms with Crippen molar-refractivity contribution in [1.29, 1.82) is 5.26 Å². The molecule has 1 aromatic heterocycles. The van der Waals surface area contributed by atoms with Crippen LogP contribution in [0, 0.1) is 18.3 Å². The summed E-state index contributed by atoms with van der Waals surface area (Å²) >= 11 is 1.48. The highest BCUT2D eigenvalue weighted by atomic mass is 32.1. The average molecular weight is 297 g/mol. The maximum Gasteiger partial charge on any atom is 0.262 e. The Balaban J connectivity index is 2.11. The predicted molar refractivity (Wildman–Crippen MR) is 83.4 cm³/mol. The lowest BCUT2D eigenvalue weighted by Crippen LogP contribution is -2.27. The first-order valence-corrected chi connectivity index (χ1v) is 7.38. The topological polar surface area (TPSA) is 65.8 Å². The number of nitrogens with zero attached hydrogens (tertiary/aromatic N) is 2. The van der Waals surface area contributed by atoms with E-state index in [4.69, 9.17) is 5.26 Å². The molecule has 1 atom stereocenters. The van der Waals surface area contributed by atoms with E-state index in [0.29, 0.717) is 5.69 Å². The lowest BCUT2D eigenvalue weighted by molar-refractivity contribution is -0.117. The summed E-state index contributed by atoms with van der Waals surface area (Å²) in [5.41, 5.74) is 1.69. The number of nitriles is 1. The number of hydrogen-bond donors (Lipinski definition) is 1. The van der Waals surface area contributed by atoms with Crippen molar-refractivity contribution in [2.75, 3.05) is 0 Å². The van der Waals surface area contributed by atoms with Crippen molar-refractivity contribution in [3.8, 4) is 6.07 Å². The highest BCUT2D eigenvalue weighted by Crippen LogP contribution is 2.14. The molecule has 4 nitrogen and oxygen atoms in total. The van der Waals surface area contributed by atoms with Crippen LogP contribution in [-0.4, -0.2) is 10.9 Å². The third-order valence-electron chi connectivity index (χ3n) is 2.94. The molecule has 1 amide bonds. The average Bonchev–Trinajstić information content (AvgIpc) is 2.90. The molecule has 5 heteroatoms. The van der Waals surface area contributed by atoms with Crippen LogP contribution in [0.1, 0.15) is 29.2 Å². The van der Waals surface area contributed by atoms with Gasteiger partial charge in [0.05, 0.1) is 16.7 Å². The van der Waals surface area contributed by atoms with Gasteiger partial charge >= 0.3 is 0 Å². The minimum absolute atomic E-state index is 0.0584. The summed E-state index contributed by atoms with van der Waals surface area (Å²) in [5.74, 6) is -0.389. The van der Waals surface area contributed by atoms with Crippen molar-refractivity contribution >= 4 is 23.3 Å². The van der Waals surface area contributed by atoms with Crippen LogP contribution in [-0.2, 0) is 4.79 Å². The summed E-state index contributed by atoms with van der Waals surface area (Å²) < 4.78 is 0. The normalized spacial score (nSPS) is 12.5. The van der Waals surface area contributed by atoms with Gasteiger partial charge in [-0.2, -0.15) is 5.26 Å². The van der Waals surface area contributed by atoms with E-state index in [2.05, 4.69) is 10.3 Å². The van der Waals surface area contributed by atoms with Crippen LogP contribution in [0.2, 0.25) is 0 Å². The summed E-state index contributed by atoms with van der Waals surface area (Å²) in [6.07, 6.45) is 1.51. The number of amides is 1. The number of nitrogens with one attached hydrogen (secondary N) is 1. The number of benzene rings is 1. The van der Waals surface area contributed by atoms with E-state index in [1.54, 1.807) is 0 Å². The summed E-state index contributed by atoms with van der Waals surface area (Å²) in [5, 5.41) is 14.7. The monoisotopic (exact) mass is 297 g/mol. The molecular formula is C16H15N3OS. The van der Waals surface area contributed by atoms with E-state index >= 15 is 0 Å². The Kier molecular flexibility index (Phi) is 4.85. The van der Waals surface area contributed by atoms with E-state index in [-0.39, 0.29) is 17.5 Å². The Morgan fingerprint density at radius 2 is 2.14 bits per heavy atom. The van der Waals surface area contributed by atoms with Gasteiger partial charge in [-0.25, -0.2) is 4.98 Å². The second-order valence-electron chi connectivity index (χ2n) is 4.57. The van der Waals surface area contributed by atoms with E-state index in [0.717, 1.165) is 10.6 Å². The highest BCUT2D eigenvalue weighted by molar-refractivity contribution is 7.09. The van der Waals surface area contributed by atoms with Gasteiger partial charge in [-0.05, 0) is 25.5 Å². The summed E-state index contributed by atoms with van der Waals surface area (Å²) in [4.78, 5) is 16.4. The Morgan fingerprint density at radius 1 is 1.43 bits per heavy atom. The van der Waals surface area contributed by atoms with Gasteiger partial charge < -0.3 is 5.32 Å². The molecule has 2 rings (SSSR count). The van der Waals surface area contributed by atoms with E-state index in [1.165, 1.54) is 17.4 Å². The number of thiazole rings is 1. The number of carbonyl (C=O) groups is 1. The fourth-order valence-electron chi connectivity index (χ4n) is 1.84. The molecule has 0 spiro atoms. The standard InChI is InChI=1S/C16H15N3OS/c1-11(13-6-4-3-5-7-13)18-16(20)14(9-17)8-15-10-21-12(2)19-15/h3-8,10-11H,1-2H3,(H,18,20)/b14-8+/t11-/m1/s1. The van der Waals surface area contributed by atoms with Crippen LogP contribution in [0.4, 0.5) is 0 Å². The molecule has 0 radical (unpaired) electrons. The molecule has 21 heavy (non-hydrogen) atoms. The molecule has 0 fully saturated rings. The summed E-state index contributed by atoms with van der Waals surface area (Å²) in [6.45, 7) is 3.76. The third-order valence-corrected chi connectivity index (χ3v) is 3.73. The van der Waals surface area contributed by atoms with Crippen LogP contribution in [0.5, 0.6) is 0 Å². The molecule has 0 unspecified atom stereocenters. The first-order valence-electron chi connectivity index (χ1n) is 6.50. The maximum absolute atomic E-state index is 12.1. The zero-order valence-corrected chi connectivity index (χ0v) is 12.6. The van der Waals surface area contributed by atoms with E-state index in [9.17, 15) is 4.79 Å². The number of carbonyl (C=O) groups excluding carboxylic acids is 1. The van der Waals surface area contributed by atoms with Gasteiger partial charge in [0.2, 0.25) is 0 Å². The van der Waals surface area contributed by atoms with Gasteiger partial charge in [-0.15, -0.1) is 11.3 Å². The van der Waals surface area contributed by atoms with Crippen molar-refractivity contribution in [1.82, 2.24) is 10.3 Å².